The van der Waals surface area contributed by atoms with Gasteiger partial charge in [-0.3, -0.25) is 4.79 Å². The molecule has 0 saturated carbocycles. The van der Waals surface area contributed by atoms with Gasteiger partial charge in [-0.1, -0.05) is 42.5 Å². The van der Waals surface area contributed by atoms with E-state index in [1.165, 1.54) is 0 Å². The molecule has 0 bridgehead atoms. The molecule has 1 saturated heterocycles. The first-order valence-electron chi connectivity index (χ1n) is 8.74. The zero-order valence-electron chi connectivity index (χ0n) is 14.6. The van der Waals surface area contributed by atoms with E-state index in [1.54, 1.807) is 0 Å². The summed E-state index contributed by atoms with van der Waals surface area (Å²) in [6, 6.07) is 17.0. The summed E-state index contributed by atoms with van der Waals surface area (Å²) >= 11 is 1.89. The molecule has 136 valence electrons. The Morgan fingerprint density at radius 2 is 1.62 bits per heavy atom. The van der Waals surface area contributed by atoms with E-state index in [-0.39, 0.29) is 11.9 Å². The summed E-state index contributed by atoms with van der Waals surface area (Å²) in [6.45, 7) is 2.16. The molecule has 2 aromatic carbocycles. The first-order valence-corrected chi connectivity index (χ1v) is 9.89. The van der Waals surface area contributed by atoms with Gasteiger partial charge in [0, 0.05) is 36.8 Å². The third-order valence-corrected chi connectivity index (χ3v) is 5.17. The number of anilines is 1. The second-order valence-corrected chi connectivity index (χ2v) is 7.38. The molecule has 1 heterocycles. The first kappa shape index (κ1) is 18.3. The van der Waals surface area contributed by atoms with Gasteiger partial charge < -0.3 is 15.5 Å². The highest BCUT2D eigenvalue weighted by molar-refractivity contribution is 7.99. The summed E-state index contributed by atoms with van der Waals surface area (Å²) in [5.41, 5.74) is 2.72. The van der Waals surface area contributed by atoms with E-state index in [0.29, 0.717) is 18.7 Å². The molecule has 0 aliphatic carbocycles. The predicted octanol–water partition coefficient (Wildman–Crippen LogP) is 3.13. The number of rotatable bonds is 5. The van der Waals surface area contributed by atoms with E-state index in [2.05, 4.69) is 10.6 Å². The van der Waals surface area contributed by atoms with Gasteiger partial charge in [-0.15, -0.1) is 0 Å². The summed E-state index contributed by atoms with van der Waals surface area (Å²) in [4.78, 5) is 26.2. The molecule has 0 unspecified atom stereocenters. The van der Waals surface area contributed by atoms with E-state index in [1.807, 2.05) is 71.3 Å². The number of benzene rings is 2. The smallest absolute Gasteiger partial charge is 0.319 e. The van der Waals surface area contributed by atoms with Crippen molar-refractivity contribution in [1.82, 2.24) is 10.2 Å². The van der Waals surface area contributed by atoms with Crippen LogP contribution in [0.2, 0.25) is 0 Å². The summed E-state index contributed by atoms with van der Waals surface area (Å²) in [6.07, 6.45) is 0.408. The van der Waals surface area contributed by atoms with Crippen molar-refractivity contribution in [2.75, 3.05) is 29.9 Å². The quantitative estimate of drug-likeness (QED) is 0.851. The van der Waals surface area contributed by atoms with Crippen LogP contribution >= 0.6 is 11.8 Å². The summed E-state index contributed by atoms with van der Waals surface area (Å²) in [5.74, 6) is 2.21. The van der Waals surface area contributed by atoms with Crippen molar-refractivity contribution in [3.63, 3.8) is 0 Å². The van der Waals surface area contributed by atoms with Crippen molar-refractivity contribution in [1.29, 1.82) is 0 Å². The van der Waals surface area contributed by atoms with Crippen LogP contribution in [0.5, 0.6) is 0 Å². The molecule has 5 nitrogen and oxygen atoms in total. The lowest BCUT2D eigenvalue weighted by atomic mass is 10.1. The number of nitrogens with zero attached hydrogens (tertiary/aromatic N) is 1. The molecular formula is C20H23N3O2S. The Hall–Kier alpha value is -2.47. The predicted molar refractivity (Wildman–Crippen MR) is 106 cm³/mol. The second-order valence-electron chi connectivity index (χ2n) is 6.16. The van der Waals surface area contributed by atoms with E-state index >= 15 is 0 Å². The number of thioether (sulfide) groups is 1. The highest BCUT2D eigenvalue weighted by Crippen LogP contribution is 2.14. The minimum Gasteiger partial charge on any atom is -0.341 e. The lowest BCUT2D eigenvalue weighted by Gasteiger charge is -2.26. The third kappa shape index (κ3) is 5.52. The van der Waals surface area contributed by atoms with Gasteiger partial charge in [-0.05, 0) is 23.3 Å². The van der Waals surface area contributed by atoms with Gasteiger partial charge >= 0.3 is 6.03 Å². The van der Waals surface area contributed by atoms with Gasteiger partial charge in [-0.25, -0.2) is 4.79 Å². The molecule has 1 aliphatic heterocycles. The largest absolute Gasteiger partial charge is 0.341 e. The van der Waals surface area contributed by atoms with Gasteiger partial charge in [-0.2, -0.15) is 11.8 Å². The van der Waals surface area contributed by atoms with Gasteiger partial charge in [0.1, 0.15) is 0 Å². The molecule has 26 heavy (non-hydrogen) atoms. The SMILES string of the molecule is O=C(NCc1ccccc1)Nc1ccc(CC(=O)N2CCSCC2)cc1. The molecule has 0 spiro atoms. The number of hydrogen-bond acceptors (Lipinski definition) is 3. The minimum atomic E-state index is -0.247. The molecule has 0 aromatic heterocycles. The number of carbonyl (C=O) groups is 2. The monoisotopic (exact) mass is 369 g/mol. The molecule has 1 aliphatic rings. The Morgan fingerprint density at radius 1 is 0.923 bits per heavy atom. The van der Waals surface area contributed by atoms with Crippen molar-refractivity contribution < 1.29 is 9.59 Å². The summed E-state index contributed by atoms with van der Waals surface area (Å²) in [5, 5.41) is 5.63. The average molecular weight is 369 g/mol. The number of hydrogen-bond donors (Lipinski definition) is 2. The van der Waals surface area contributed by atoms with Gasteiger partial charge in [0.15, 0.2) is 0 Å². The lowest BCUT2D eigenvalue weighted by Crippen LogP contribution is -2.38. The van der Waals surface area contributed by atoms with E-state index in [0.717, 1.165) is 35.7 Å². The minimum absolute atomic E-state index is 0.173. The zero-order chi connectivity index (χ0) is 18.2. The maximum atomic E-state index is 12.3. The number of nitrogens with one attached hydrogen (secondary N) is 2. The topological polar surface area (TPSA) is 61.4 Å². The van der Waals surface area contributed by atoms with E-state index < -0.39 is 0 Å². The second kappa shape index (κ2) is 9.29. The molecule has 3 amide bonds. The van der Waals surface area contributed by atoms with Gasteiger partial charge in [0.25, 0.3) is 0 Å². The molecule has 6 heteroatoms. The fraction of sp³-hybridized carbons (Fsp3) is 0.300. The maximum Gasteiger partial charge on any atom is 0.319 e. The maximum absolute atomic E-state index is 12.3. The molecule has 1 fully saturated rings. The molecule has 0 atom stereocenters. The van der Waals surface area contributed by atoms with Gasteiger partial charge in [0.05, 0.1) is 6.42 Å². The van der Waals surface area contributed by atoms with Crippen molar-refractivity contribution in [2.45, 2.75) is 13.0 Å². The van der Waals surface area contributed by atoms with Crippen molar-refractivity contribution >= 4 is 29.4 Å². The molecule has 3 rings (SSSR count). The van der Waals surface area contributed by atoms with Crippen LogP contribution in [0.3, 0.4) is 0 Å². The van der Waals surface area contributed by atoms with Crippen LogP contribution in [-0.2, 0) is 17.8 Å². The van der Waals surface area contributed by atoms with Crippen LogP contribution in [0.1, 0.15) is 11.1 Å². The first-order chi connectivity index (χ1) is 12.7. The number of urea groups is 1. The fourth-order valence-corrected chi connectivity index (χ4v) is 3.66. The standard InChI is InChI=1S/C20H23N3O2S/c24-19(23-10-12-26-13-11-23)14-16-6-8-18(9-7-16)22-20(25)21-15-17-4-2-1-3-5-17/h1-9H,10-15H2,(H2,21,22,25). The Labute approximate surface area is 158 Å². The van der Waals surface area contributed by atoms with Crippen molar-refractivity contribution in [3.05, 3.63) is 65.7 Å². The third-order valence-electron chi connectivity index (χ3n) is 4.23. The lowest BCUT2D eigenvalue weighted by molar-refractivity contribution is -0.130. The van der Waals surface area contributed by atoms with Crippen LogP contribution in [0, 0.1) is 0 Å². The Morgan fingerprint density at radius 3 is 2.31 bits per heavy atom. The number of carbonyl (C=O) groups excluding carboxylic acids is 2. The summed E-state index contributed by atoms with van der Waals surface area (Å²) < 4.78 is 0. The number of amides is 3. The molecule has 0 radical (unpaired) electrons. The van der Waals surface area contributed by atoms with Crippen molar-refractivity contribution in [3.8, 4) is 0 Å². The molecular weight excluding hydrogens is 346 g/mol. The van der Waals surface area contributed by atoms with Crippen LogP contribution < -0.4 is 10.6 Å². The summed E-state index contributed by atoms with van der Waals surface area (Å²) in [7, 11) is 0. The van der Waals surface area contributed by atoms with Gasteiger partial charge in [0.2, 0.25) is 5.91 Å². The fourth-order valence-electron chi connectivity index (χ4n) is 2.76. The average Bonchev–Trinajstić information content (AvgIpc) is 2.69. The van der Waals surface area contributed by atoms with Crippen molar-refractivity contribution in [2.24, 2.45) is 0 Å². The molecule has 2 N–H and O–H groups in total. The Kier molecular flexibility index (Phi) is 6.55. The highest BCUT2D eigenvalue weighted by atomic mass is 32.2. The Balaban J connectivity index is 1.46. The van der Waals surface area contributed by atoms with E-state index in [9.17, 15) is 9.59 Å². The Bertz CT molecular complexity index is 728. The van der Waals surface area contributed by atoms with Crippen LogP contribution in [-0.4, -0.2) is 41.4 Å². The van der Waals surface area contributed by atoms with Crippen LogP contribution in [0.15, 0.2) is 54.6 Å². The molecule has 2 aromatic rings. The van der Waals surface area contributed by atoms with Crippen LogP contribution in [0.4, 0.5) is 10.5 Å². The van der Waals surface area contributed by atoms with Crippen LogP contribution in [0.25, 0.3) is 0 Å². The normalized spacial score (nSPS) is 13.9. The van der Waals surface area contributed by atoms with E-state index in [4.69, 9.17) is 0 Å². The zero-order valence-corrected chi connectivity index (χ0v) is 15.4. The highest BCUT2D eigenvalue weighted by Gasteiger charge is 2.16.